The second-order valence-corrected chi connectivity index (χ2v) is 8.32. The summed E-state index contributed by atoms with van der Waals surface area (Å²) >= 11 is 0. The van der Waals surface area contributed by atoms with E-state index in [1.165, 1.54) is 18.4 Å². The zero-order valence-electron chi connectivity index (χ0n) is 17.1. The molecule has 2 aliphatic rings. The van der Waals surface area contributed by atoms with Crippen LogP contribution < -0.4 is 0 Å². The summed E-state index contributed by atoms with van der Waals surface area (Å²) in [5.41, 5.74) is 1.30. The number of piperidine rings is 2. The van der Waals surface area contributed by atoms with Gasteiger partial charge >= 0.3 is 0 Å². The number of likely N-dealkylation sites (tertiary alicyclic amines) is 2. The molecule has 27 heavy (non-hydrogen) atoms. The molecule has 0 spiro atoms. The number of aromatic nitrogens is 1. The van der Waals surface area contributed by atoms with Gasteiger partial charge in [0.25, 0.3) is 0 Å². The molecule has 0 N–H and O–H groups in total. The van der Waals surface area contributed by atoms with E-state index in [1.807, 2.05) is 30.4 Å². The molecule has 0 aromatic carbocycles. The van der Waals surface area contributed by atoms with E-state index >= 15 is 0 Å². The monoisotopic (exact) mass is 372 g/mol. The molecular formula is C22H36N4O. The van der Waals surface area contributed by atoms with E-state index in [-0.39, 0.29) is 5.92 Å². The van der Waals surface area contributed by atoms with Gasteiger partial charge in [-0.2, -0.15) is 0 Å². The fourth-order valence-corrected chi connectivity index (χ4v) is 4.55. The second kappa shape index (κ2) is 10.2. The van der Waals surface area contributed by atoms with E-state index in [4.69, 9.17) is 0 Å². The molecule has 1 amide bonds. The summed E-state index contributed by atoms with van der Waals surface area (Å²) in [7, 11) is 1.98. The van der Waals surface area contributed by atoms with Crippen LogP contribution in [0, 0.1) is 5.92 Å². The van der Waals surface area contributed by atoms with Gasteiger partial charge in [0, 0.05) is 45.1 Å². The minimum absolute atomic E-state index is 0.203. The van der Waals surface area contributed by atoms with Crippen LogP contribution in [0.1, 0.15) is 51.0 Å². The largest absolute Gasteiger partial charge is 0.345 e. The molecule has 1 aromatic heterocycles. The van der Waals surface area contributed by atoms with Crippen LogP contribution in [0.4, 0.5) is 0 Å². The van der Waals surface area contributed by atoms with Gasteiger partial charge in [0.05, 0.1) is 5.92 Å². The van der Waals surface area contributed by atoms with Gasteiger partial charge in [-0.25, -0.2) is 0 Å². The number of carbonyl (C=O) groups is 1. The summed E-state index contributed by atoms with van der Waals surface area (Å²) in [6.45, 7) is 8.50. The smallest absolute Gasteiger partial charge is 0.226 e. The van der Waals surface area contributed by atoms with E-state index in [9.17, 15) is 4.79 Å². The fraction of sp³-hybridized carbons (Fsp3) is 0.727. The van der Waals surface area contributed by atoms with Gasteiger partial charge in [-0.1, -0.05) is 19.4 Å². The van der Waals surface area contributed by atoms with Crippen molar-refractivity contribution in [1.82, 2.24) is 19.7 Å². The van der Waals surface area contributed by atoms with E-state index < -0.39 is 0 Å². The van der Waals surface area contributed by atoms with Gasteiger partial charge in [-0.3, -0.25) is 19.6 Å². The second-order valence-electron chi connectivity index (χ2n) is 8.32. The Morgan fingerprint density at radius 3 is 2.78 bits per heavy atom. The third-order valence-electron chi connectivity index (χ3n) is 6.23. The van der Waals surface area contributed by atoms with Crippen molar-refractivity contribution >= 4 is 5.91 Å². The first-order valence-electron chi connectivity index (χ1n) is 10.8. The third kappa shape index (κ3) is 5.76. The first-order chi connectivity index (χ1) is 13.2. The molecular weight excluding hydrogens is 336 g/mol. The number of hydrogen-bond acceptors (Lipinski definition) is 4. The van der Waals surface area contributed by atoms with Crippen LogP contribution >= 0.6 is 0 Å². The Morgan fingerprint density at radius 1 is 1.26 bits per heavy atom. The molecule has 0 radical (unpaired) electrons. The van der Waals surface area contributed by atoms with Gasteiger partial charge in [-0.15, -0.1) is 0 Å². The maximum Gasteiger partial charge on any atom is 0.226 e. The van der Waals surface area contributed by atoms with Crippen LogP contribution in [0.3, 0.4) is 0 Å². The molecule has 2 saturated heterocycles. The number of carbonyl (C=O) groups excluding carboxylic acids is 1. The number of rotatable bonds is 7. The van der Waals surface area contributed by atoms with Crippen molar-refractivity contribution in [2.75, 3.05) is 39.8 Å². The number of pyridine rings is 1. The molecule has 0 aliphatic carbocycles. The molecule has 150 valence electrons. The summed E-state index contributed by atoms with van der Waals surface area (Å²) < 4.78 is 0. The Labute approximate surface area is 164 Å². The Balaban J connectivity index is 1.46. The molecule has 5 nitrogen and oxygen atoms in total. The zero-order chi connectivity index (χ0) is 19.1. The normalized spacial score (nSPS) is 22.7. The molecule has 1 atom stereocenters. The molecule has 3 rings (SSSR count). The molecule has 0 bridgehead atoms. The number of unbranched alkanes of at least 4 members (excludes halogenated alkanes) is 1. The highest BCUT2D eigenvalue weighted by atomic mass is 16.2. The molecule has 0 saturated carbocycles. The Kier molecular flexibility index (Phi) is 7.65. The lowest BCUT2D eigenvalue weighted by Crippen LogP contribution is -2.50. The minimum Gasteiger partial charge on any atom is -0.345 e. The van der Waals surface area contributed by atoms with Crippen LogP contribution in [0.5, 0.6) is 0 Å². The van der Waals surface area contributed by atoms with Gasteiger partial charge < -0.3 is 4.90 Å². The van der Waals surface area contributed by atoms with E-state index in [1.54, 1.807) is 0 Å². The van der Waals surface area contributed by atoms with Crippen LogP contribution in [0.25, 0.3) is 0 Å². The summed E-state index contributed by atoms with van der Waals surface area (Å²) in [5.74, 6) is 0.566. The molecule has 3 heterocycles. The van der Waals surface area contributed by atoms with Crippen molar-refractivity contribution in [3.05, 3.63) is 30.1 Å². The summed E-state index contributed by atoms with van der Waals surface area (Å²) in [4.78, 5) is 24.1. The average Bonchev–Trinajstić information content (AvgIpc) is 2.73. The van der Waals surface area contributed by atoms with Gasteiger partial charge in [0.15, 0.2) is 0 Å². The maximum atomic E-state index is 12.8. The standard InChI is InChI=1S/C22H36N4O/c1-3-4-12-24(2)22(27)20-8-6-13-26(18-20)21-9-14-25(15-10-21)17-19-7-5-11-23-16-19/h5,7,11,16,20-21H,3-4,6,8-10,12-15,17-18H2,1-2H3/t20-/m1/s1. The van der Waals surface area contributed by atoms with Crippen LogP contribution in [0.15, 0.2) is 24.5 Å². The predicted molar refractivity (Wildman–Crippen MR) is 109 cm³/mol. The molecule has 2 fully saturated rings. The first kappa shape index (κ1) is 20.3. The topological polar surface area (TPSA) is 39.7 Å². The van der Waals surface area contributed by atoms with Crippen molar-refractivity contribution in [2.24, 2.45) is 5.92 Å². The van der Waals surface area contributed by atoms with Crippen molar-refractivity contribution in [2.45, 2.75) is 58.0 Å². The van der Waals surface area contributed by atoms with Crippen molar-refractivity contribution in [3.63, 3.8) is 0 Å². The first-order valence-corrected chi connectivity index (χ1v) is 10.8. The van der Waals surface area contributed by atoms with Crippen LogP contribution in [-0.4, -0.2) is 71.4 Å². The molecule has 5 heteroatoms. The predicted octanol–water partition coefficient (Wildman–Crippen LogP) is 3.02. The maximum absolute atomic E-state index is 12.8. The van der Waals surface area contributed by atoms with E-state index in [2.05, 4.69) is 27.8 Å². The Hall–Kier alpha value is -1.46. The lowest BCUT2D eigenvalue weighted by atomic mass is 9.92. The highest BCUT2D eigenvalue weighted by molar-refractivity contribution is 5.78. The Morgan fingerprint density at radius 2 is 2.07 bits per heavy atom. The summed E-state index contributed by atoms with van der Waals surface area (Å²) in [6, 6.07) is 4.83. The lowest BCUT2D eigenvalue weighted by Gasteiger charge is -2.42. The van der Waals surface area contributed by atoms with Gasteiger partial charge in [0.1, 0.15) is 0 Å². The minimum atomic E-state index is 0.203. The van der Waals surface area contributed by atoms with Gasteiger partial charge in [-0.05, 0) is 63.4 Å². The van der Waals surface area contributed by atoms with Crippen molar-refractivity contribution < 1.29 is 4.79 Å². The van der Waals surface area contributed by atoms with Crippen LogP contribution in [-0.2, 0) is 11.3 Å². The third-order valence-corrected chi connectivity index (χ3v) is 6.23. The highest BCUT2D eigenvalue weighted by Crippen LogP contribution is 2.25. The fourth-order valence-electron chi connectivity index (χ4n) is 4.55. The Bertz CT molecular complexity index is 571. The summed E-state index contributed by atoms with van der Waals surface area (Å²) in [5, 5.41) is 0. The quantitative estimate of drug-likeness (QED) is 0.738. The number of nitrogens with zero attached hydrogens (tertiary/aromatic N) is 4. The number of hydrogen-bond donors (Lipinski definition) is 0. The van der Waals surface area contributed by atoms with Crippen molar-refractivity contribution in [1.29, 1.82) is 0 Å². The van der Waals surface area contributed by atoms with E-state index in [0.717, 1.165) is 65.0 Å². The van der Waals surface area contributed by atoms with Crippen LogP contribution in [0.2, 0.25) is 0 Å². The summed E-state index contributed by atoms with van der Waals surface area (Å²) in [6.07, 6.45) is 10.7. The molecule has 1 aromatic rings. The van der Waals surface area contributed by atoms with Gasteiger partial charge in [0.2, 0.25) is 5.91 Å². The molecule has 2 aliphatic heterocycles. The van der Waals surface area contributed by atoms with Crippen molar-refractivity contribution in [3.8, 4) is 0 Å². The molecule has 0 unspecified atom stereocenters. The average molecular weight is 373 g/mol. The highest BCUT2D eigenvalue weighted by Gasteiger charge is 2.32. The number of amides is 1. The zero-order valence-corrected chi connectivity index (χ0v) is 17.1. The van der Waals surface area contributed by atoms with E-state index in [0.29, 0.717) is 11.9 Å². The lowest BCUT2D eigenvalue weighted by molar-refractivity contribution is -0.136. The SMILES string of the molecule is CCCCN(C)C(=O)[C@@H]1CCCN(C2CCN(Cc3cccnc3)CC2)C1.